The number of carbonyl (C=O) groups is 4. The van der Waals surface area contributed by atoms with E-state index >= 15 is 0 Å². The molecular weight excluding hydrogens is 306 g/mol. The Bertz CT molecular complexity index is 454. The maximum absolute atomic E-state index is 11.9. The molecule has 132 valence electrons. The number of carboxylic acids is 2. The maximum atomic E-state index is 11.9. The molecule has 0 aromatic carbocycles. The lowest BCUT2D eigenvalue weighted by molar-refractivity contribution is -0.144. The van der Waals surface area contributed by atoms with Gasteiger partial charge >= 0.3 is 11.9 Å². The second kappa shape index (κ2) is 9.78. The molecule has 0 aromatic heterocycles. The van der Waals surface area contributed by atoms with Gasteiger partial charge in [0.2, 0.25) is 11.8 Å². The molecule has 0 aromatic rings. The Balaban J connectivity index is 0.000000688. The number of hydrogen-bond donors (Lipinski definition) is 4. The van der Waals surface area contributed by atoms with Gasteiger partial charge in [-0.3, -0.25) is 19.2 Å². The normalized spacial score (nSPS) is 19.5. The van der Waals surface area contributed by atoms with Crippen LogP contribution in [0.1, 0.15) is 39.5 Å². The van der Waals surface area contributed by atoms with Crippen molar-refractivity contribution in [3.8, 4) is 0 Å². The predicted molar refractivity (Wildman–Crippen MR) is 81.6 cm³/mol. The van der Waals surface area contributed by atoms with E-state index in [0.717, 1.165) is 6.42 Å². The Labute approximate surface area is 134 Å². The summed E-state index contributed by atoms with van der Waals surface area (Å²) in [6.45, 7) is 3.35. The van der Waals surface area contributed by atoms with E-state index in [0.29, 0.717) is 25.8 Å². The molecule has 0 radical (unpaired) electrons. The van der Waals surface area contributed by atoms with Crippen molar-refractivity contribution in [3.05, 3.63) is 0 Å². The van der Waals surface area contributed by atoms with Crippen molar-refractivity contribution in [3.63, 3.8) is 0 Å². The van der Waals surface area contributed by atoms with Crippen molar-refractivity contribution < 1.29 is 29.4 Å². The summed E-state index contributed by atoms with van der Waals surface area (Å²) in [7, 11) is 0. The first-order valence-electron chi connectivity index (χ1n) is 7.41. The fourth-order valence-corrected chi connectivity index (χ4v) is 2.27. The number of nitrogens with zero attached hydrogens (tertiary/aromatic N) is 1. The maximum Gasteiger partial charge on any atom is 0.322 e. The largest absolute Gasteiger partial charge is 0.481 e. The van der Waals surface area contributed by atoms with Gasteiger partial charge in [0.05, 0.1) is 6.54 Å². The number of nitrogens with two attached hydrogens (primary N) is 1. The molecule has 1 fully saturated rings. The summed E-state index contributed by atoms with van der Waals surface area (Å²) in [4.78, 5) is 44.9. The average Bonchev–Trinajstić information content (AvgIpc) is 2.87. The molecule has 1 rings (SSSR count). The molecule has 23 heavy (non-hydrogen) atoms. The fraction of sp³-hybridized carbons (Fsp3) is 0.714. The smallest absolute Gasteiger partial charge is 0.322 e. The molecule has 0 spiro atoms. The zero-order chi connectivity index (χ0) is 18.0. The van der Waals surface area contributed by atoms with Crippen LogP contribution in [0.4, 0.5) is 0 Å². The van der Waals surface area contributed by atoms with E-state index in [9.17, 15) is 19.2 Å². The number of hydrogen-bond acceptors (Lipinski definition) is 5. The standard InChI is InChI=1S/C10H17N3O4.C4H8O2/c1-10(9(17)12-6-8(15)16)3-2-4-13(10)7(14)5-11;1-2-3-4(5)6/h2-6,11H2,1H3,(H,12,17)(H,15,16);2-3H2,1H3,(H,5,6)/t10-;/m0./s1. The minimum Gasteiger partial charge on any atom is -0.481 e. The SMILES string of the molecule is CCCC(=O)O.C[C@@]1(C(=O)NCC(=O)O)CCCN1C(=O)CN. The van der Waals surface area contributed by atoms with Crippen LogP contribution in [0, 0.1) is 0 Å². The first-order valence-corrected chi connectivity index (χ1v) is 7.41. The van der Waals surface area contributed by atoms with Gasteiger partial charge in [-0.1, -0.05) is 6.92 Å². The highest BCUT2D eigenvalue weighted by Gasteiger charge is 2.45. The molecule has 0 bridgehead atoms. The summed E-state index contributed by atoms with van der Waals surface area (Å²) in [5.41, 5.74) is 4.30. The lowest BCUT2D eigenvalue weighted by Crippen LogP contribution is -2.57. The molecule has 1 saturated heterocycles. The number of nitrogens with one attached hydrogen (secondary N) is 1. The molecule has 1 aliphatic rings. The van der Waals surface area contributed by atoms with Gasteiger partial charge in [-0.25, -0.2) is 0 Å². The van der Waals surface area contributed by atoms with Crippen molar-refractivity contribution in [1.82, 2.24) is 10.2 Å². The highest BCUT2D eigenvalue weighted by Crippen LogP contribution is 2.29. The van der Waals surface area contributed by atoms with E-state index in [2.05, 4.69) is 5.32 Å². The van der Waals surface area contributed by atoms with Crippen molar-refractivity contribution in [1.29, 1.82) is 0 Å². The Kier molecular flexibility index (Phi) is 8.86. The number of carbonyl (C=O) groups excluding carboxylic acids is 2. The van der Waals surface area contributed by atoms with E-state index < -0.39 is 29.9 Å². The molecule has 9 nitrogen and oxygen atoms in total. The fourth-order valence-electron chi connectivity index (χ4n) is 2.27. The highest BCUT2D eigenvalue weighted by atomic mass is 16.4. The molecule has 0 aliphatic carbocycles. The second-order valence-corrected chi connectivity index (χ2v) is 5.35. The number of aliphatic carboxylic acids is 2. The van der Waals surface area contributed by atoms with Crippen LogP contribution in [0.15, 0.2) is 0 Å². The first-order chi connectivity index (χ1) is 10.7. The number of carboxylic acid groups (broad SMARTS) is 2. The van der Waals surface area contributed by atoms with Crippen molar-refractivity contribution in [2.45, 2.75) is 45.1 Å². The van der Waals surface area contributed by atoms with Gasteiger partial charge in [-0.2, -0.15) is 0 Å². The van der Waals surface area contributed by atoms with Crippen LogP contribution in [-0.2, 0) is 19.2 Å². The molecule has 1 aliphatic heterocycles. The zero-order valence-electron chi connectivity index (χ0n) is 13.5. The van der Waals surface area contributed by atoms with E-state index in [1.54, 1.807) is 6.92 Å². The van der Waals surface area contributed by atoms with Gasteiger partial charge in [0.15, 0.2) is 0 Å². The van der Waals surface area contributed by atoms with E-state index in [-0.39, 0.29) is 12.5 Å². The van der Waals surface area contributed by atoms with Gasteiger partial charge in [-0.05, 0) is 26.2 Å². The summed E-state index contributed by atoms with van der Waals surface area (Å²) in [5.74, 6) is -2.57. The first kappa shape index (κ1) is 20.8. The molecular formula is C14H25N3O6. The summed E-state index contributed by atoms with van der Waals surface area (Å²) < 4.78 is 0. The van der Waals surface area contributed by atoms with Gasteiger partial charge in [0.1, 0.15) is 12.1 Å². The molecule has 0 saturated carbocycles. The van der Waals surface area contributed by atoms with Crippen molar-refractivity contribution >= 4 is 23.8 Å². The van der Waals surface area contributed by atoms with Crippen LogP contribution < -0.4 is 11.1 Å². The average molecular weight is 331 g/mol. The molecule has 0 unspecified atom stereocenters. The third-order valence-corrected chi connectivity index (χ3v) is 3.47. The topological polar surface area (TPSA) is 150 Å². The lowest BCUT2D eigenvalue weighted by atomic mass is 9.97. The van der Waals surface area contributed by atoms with Crippen LogP contribution in [0.5, 0.6) is 0 Å². The molecule has 1 atom stereocenters. The monoisotopic (exact) mass is 331 g/mol. The quantitative estimate of drug-likeness (QED) is 0.507. The summed E-state index contributed by atoms with van der Waals surface area (Å²) in [6.07, 6.45) is 2.25. The van der Waals surface area contributed by atoms with Crippen LogP contribution in [-0.4, -0.2) is 64.0 Å². The summed E-state index contributed by atoms with van der Waals surface area (Å²) in [6, 6.07) is 0. The van der Waals surface area contributed by atoms with E-state index in [1.807, 2.05) is 6.92 Å². The lowest BCUT2D eigenvalue weighted by Gasteiger charge is -2.33. The van der Waals surface area contributed by atoms with E-state index in [1.165, 1.54) is 4.90 Å². The number of rotatable bonds is 6. The van der Waals surface area contributed by atoms with Gasteiger partial charge < -0.3 is 26.2 Å². The number of likely N-dealkylation sites (tertiary alicyclic amines) is 1. The minimum atomic E-state index is -1.11. The van der Waals surface area contributed by atoms with Crippen LogP contribution in [0.3, 0.4) is 0 Å². The van der Waals surface area contributed by atoms with Gasteiger partial charge in [0, 0.05) is 13.0 Å². The van der Waals surface area contributed by atoms with Crippen LogP contribution >= 0.6 is 0 Å². The third kappa shape index (κ3) is 6.64. The zero-order valence-corrected chi connectivity index (χ0v) is 13.5. The van der Waals surface area contributed by atoms with Crippen molar-refractivity contribution in [2.75, 3.05) is 19.6 Å². The molecule has 2 amide bonds. The number of amides is 2. The summed E-state index contributed by atoms with van der Waals surface area (Å²) in [5, 5.41) is 18.7. The van der Waals surface area contributed by atoms with Gasteiger partial charge in [0.25, 0.3) is 0 Å². The highest BCUT2D eigenvalue weighted by molar-refractivity contribution is 5.93. The summed E-state index contributed by atoms with van der Waals surface area (Å²) >= 11 is 0. The molecule has 9 heteroatoms. The Morgan fingerprint density at radius 2 is 1.83 bits per heavy atom. The molecule has 1 heterocycles. The second-order valence-electron chi connectivity index (χ2n) is 5.35. The Hall–Kier alpha value is -2.16. The Morgan fingerprint density at radius 1 is 1.22 bits per heavy atom. The predicted octanol–water partition coefficient (Wildman–Crippen LogP) is -0.602. The van der Waals surface area contributed by atoms with Crippen LogP contribution in [0.25, 0.3) is 0 Å². The van der Waals surface area contributed by atoms with Crippen LogP contribution in [0.2, 0.25) is 0 Å². The van der Waals surface area contributed by atoms with E-state index in [4.69, 9.17) is 15.9 Å². The Morgan fingerprint density at radius 3 is 2.22 bits per heavy atom. The molecule has 5 N–H and O–H groups in total. The van der Waals surface area contributed by atoms with Crippen molar-refractivity contribution in [2.24, 2.45) is 5.73 Å². The third-order valence-electron chi connectivity index (χ3n) is 3.47. The van der Waals surface area contributed by atoms with Gasteiger partial charge in [-0.15, -0.1) is 0 Å². The minimum absolute atomic E-state index is 0.151.